The second-order valence-electron chi connectivity index (χ2n) is 5.35. The van der Waals surface area contributed by atoms with Gasteiger partial charge in [0.2, 0.25) is 0 Å². The minimum absolute atomic E-state index is 0.0129. The molecule has 2 heterocycles. The van der Waals surface area contributed by atoms with E-state index in [9.17, 15) is 9.90 Å². The van der Waals surface area contributed by atoms with Crippen molar-refractivity contribution in [3.63, 3.8) is 0 Å². The molecular weight excluding hydrogens is 262 g/mol. The zero-order chi connectivity index (χ0) is 14.0. The average Bonchev–Trinajstić information content (AvgIpc) is 2.69. The van der Waals surface area contributed by atoms with E-state index in [0.717, 1.165) is 10.4 Å². The van der Waals surface area contributed by atoms with E-state index in [1.807, 2.05) is 19.9 Å². The summed E-state index contributed by atoms with van der Waals surface area (Å²) in [5, 5.41) is 10.4. The molecule has 1 aromatic heterocycles. The van der Waals surface area contributed by atoms with Gasteiger partial charge in [0.05, 0.1) is 10.5 Å². The van der Waals surface area contributed by atoms with E-state index in [2.05, 4.69) is 0 Å². The van der Waals surface area contributed by atoms with Crippen molar-refractivity contribution >= 4 is 17.2 Å². The fraction of sp³-hybridized carbons (Fsp3) is 0.643. The molecule has 1 aliphatic heterocycles. The zero-order valence-electron chi connectivity index (χ0n) is 11.7. The van der Waals surface area contributed by atoms with Gasteiger partial charge in [-0.1, -0.05) is 0 Å². The maximum Gasteiger partial charge on any atom is 0.263 e. The zero-order valence-corrected chi connectivity index (χ0v) is 12.5. The van der Waals surface area contributed by atoms with Gasteiger partial charge in [0.15, 0.2) is 0 Å². The predicted octanol–water partition coefficient (Wildman–Crippen LogP) is 1.98. The van der Waals surface area contributed by atoms with Gasteiger partial charge >= 0.3 is 0 Å². The minimum atomic E-state index is -0.802. The van der Waals surface area contributed by atoms with Gasteiger partial charge in [-0.3, -0.25) is 4.79 Å². The molecule has 1 N–H and O–H groups in total. The molecule has 1 aliphatic rings. The molecule has 0 saturated carbocycles. The highest BCUT2D eigenvalue weighted by molar-refractivity contribution is 7.14. The number of rotatable bonds is 3. The van der Waals surface area contributed by atoms with Crippen LogP contribution in [0, 0.1) is 13.8 Å². The Kier molecular flexibility index (Phi) is 4.28. The van der Waals surface area contributed by atoms with Crippen LogP contribution in [-0.2, 0) is 4.74 Å². The largest absolute Gasteiger partial charge is 0.388 e. The van der Waals surface area contributed by atoms with Crippen molar-refractivity contribution in [1.82, 2.24) is 4.90 Å². The number of thiophene rings is 1. The van der Waals surface area contributed by atoms with Gasteiger partial charge in [-0.25, -0.2) is 0 Å². The number of carbonyl (C=O) groups excluding carboxylic acids is 1. The molecule has 1 saturated heterocycles. The molecule has 5 heteroatoms. The van der Waals surface area contributed by atoms with E-state index in [-0.39, 0.29) is 5.91 Å². The summed E-state index contributed by atoms with van der Waals surface area (Å²) >= 11 is 1.51. The van der Waals surface area contributed by atoms with Crippen LogP contribution in [0.5, 0.6) is 0 Å². The first-order chi connectivity index (χ1) is 8.91. The third-order valence-corrected chi connectivity index (χ3v) is 4.82. The van der Waals surface area contributed by atoms with Crippen LogP contribution in [0.2, 0.25) is 0 Å². The Morgan fingerprint density at radius 2 is 2.11 bits per heavy atom. The maximum atomic E-state index is 12.3. The van der Waals surface area contributed by atoms with E-state index >= 15 is 0 Å². The minimum Gasteiger partial charge on any atom is -0.388 e. The molecule has 1 fully saturated rings. The molecule has 1 amide bonds. The Hall–Kier alpha value is -0.910. The van der Waals surface area contributed by atoms with Gasteiger partial charge in [0, 0.05) is 44.5 Å². The molecule has 0 bridgehead atoms. The van der Waals surface area contributed by atoms with Crippen LogP contribution in [0.25, 0.3) is 0 Å². The van der Waals surface area contributed by atoms with Crippen molar-refractivity contribution in [3.05, 3.63) is 21.4 Å². The van der Waals surface area contributed by atoms with Crippen LogP contribution >= 0.6 is 11.3 Å². The van der Waals surface area contributed by atoms with Crippen molar-refractivity contribution in [3.8, 4) is 0 Å². The van der Waals surface area contributed by atoms with Crippen LogP contribution < -0.4 is 0 Å². The van der Waals surface area contributed by atoms with Gasteiger partial charge < -0.3 is 14.7 Å². The number of hydrogen-bond acceptors (Lipinski definition) is 4. The molecule has 1 aromatic rings. The molecule has 19 heavy (non-hydrogen) atoms. The van der Waals surface area contributed by atoms with Gasteiger partial charge in [0.25, 0.3) is 5.91 Å². The molecule has 0 atom stereocenters. The highest BCUT2D eigenvalue weighted by Crippen LogP contribution is 2.25. The third-order valence-electron chi connectivity index (χ3n) is 3.68. The normalized spacial score (nSPS) is 18.3. The van der Waals surface area contributed by atoms with Crippen molar-refractivity contribution < 1.29 is 14.6 Å². The SMILES string of the molecule is Cc1cc(C(=O)N(C)CC2(O)CCOCC2)sc1C. The quantitative estimate of drug-likeness (QED) is 0.923. The number of aryl methyl sites for hydroxylation is 2. The molecule has 0 spiro atoms. The predicted molar refractivity (Wildman–Crippen MR) is 75.8 cm³/mol. The summed E-state index contributed by atoms with van der Waals surface area (Å²) in [6.45, 7) is 5.52. The number of hydrogen-bond donors (Lipinski definition) is 1. The Labute approximate surface area is 118 Å². The number of likely N-dealkylation sites (N-methyl/N-ethyl adjacent to an activating group) is 1. The van der Waals surface area contributed by atoms with Crippen LogP contribution in [-0.4, -0.2) is 48.3 Å². The van der Waals surface area contributed by atoms with Gasteiger partial charge in [0.1, 0.15) is 0 Å². The standard InChI is InChI=1S/C14H21NO3S/c1-10-8-12(19-11(10)2)13(16)15(3)9-14(17)4-6-18-7-5-14/h8,17H,4-7,9H2,1-3H3. The van der Waals surface area contributed by atoms with E-state index in [0.29, 0.717) is 32.6 Å². The summed E-state index contributed by atoms with van der Waals surface area (Å²) in [6, 6.07) is 1.92. The van der Waals surface area contributed by atoms with E-state index in [1.165, 1.54) is 16.2 Å². The Morgan fingerprint density at radius 1 is 1.47 bits per heavy atom. The summed E-state index contributed by atoms with van der Waals surface area (Å²) in [5.41, 5.74) is 0.343. The van der Waals surface area contributed by atoms with Gasteiger partial charge in [-0.15, -0.1) is 11.3 Å². The summed E-state index contributed by atoms with van der Waals surface area (Å²) in [5.74, 6) is -0.0129. The van der Waals surface area contributed by atoms with E-state index in [4.69, 9.17) is 4.74 Å². The van der Waals surface area contributed by atoms with Crippen molar-refractivity contribution in [2.75, 3.05) is 26.8 Å². The maximum absolute atomic E-state index is 12.3. The molecule has 4 nitrogen and oxygen atoms in total. The Morgan fingerprint density at radius 3 is 2.63 bits per heavy atom. The number of ether oxygens (including phenoxy) is 1. The number of carbonyl (C=O) groups is 1. The number of aliphatic hydroxyl groups is 1. The summed E-state index contributed by atoms with van der Waals surface area (Å²) < 4.78 is 5.25. The first-order valence-corrected chi connectivity index (χ1v) is 7.35. The fourth-order valence-corrected chi connectivity index (χ4v) is 3.32. The first-order valence-electron chi connectivity index (χ1n) is 6.54. The van der Waals surface area contributed by atoms with Gasteiger partial charge in [-0.05, 0) is 25.5 Å². The Balaban J connectivity index is 2.02. The van der Waals surface area contributed by atoms with Crippen molar-refractivity contribution in [1.29, 1.82) is 0 Å². The summed E-state index contributed by atoms with van der Waals surface area (Å²) in [4.78, 5) is 15.9. The monoisotopic (exact) mass is 283 g/mol. The van der Waals surface area contributed by atoms with Crippen LogP contribution in [0.15, 0.2) is 6.07 Å². The average molecular weight is 283 g/mol. The smallest absolute Gasteiger partial charge is 0.263 e. The van der Waals surface area contributed by atoms with Crippen LogP contribution in [0.3, 0.4) is 0 Å². The summed E-state index contributed by atoms with van der Waals surface area (Å²) in [6.07, 6.45) is 1.18. The molecule has 106 valence electrons. The second-order valence-corrected chi connectivity index (χ2v) is 6.60. The molecule has 0 unspecified atom stereocenters. The van der Waals surface area contributed by atoms with E-state index < -0.39 is 5.60 Å². The molecule has 0 aliphatic carbocycles. The third kappa shape index (κ3) is 3.35. The van der Waals surface area contributed by atoms with Crippen molar-refractivity contribution in [2.45, 2.75) is 32.3 Å². The highest BCUT2D eigenvalue weighted by atomic mass is 32.1. The molecule has 0 radical (unpaired) electrons. The lowest BCUT2D eigenvalue weighted by molar-refractivity contribution is -0.0733. The fourth-order valence-electron chi connectivity index (χ4n) is 2.29. The van der Waals surface area contributed by atoms with Crippen molar-refractivity contribution in [2.24, 2.45) is 0 Å². The van der Waals surface area contributed by atoms with Gasteiger partial charge in [-0.2, -0.15) is 0 Å². The molecular formula is C14H21NO3S. The first kappa shape index (κ1) is 14.5. The Bertz CT molecular complexity index is 444. The number of nitrogens with zero attached hydrogens (tertiary/aromatic N) is 1. The van der Waals surface area contributed by atoms with E-state index in [1.54, 1.807) is 11.9 Å². The van der Waals surface area contributed by atoms with Crippen LogP contribution in [0.4, 0.5) is 0 Å². The molecule has 0 aromatic carbocycles. The topological polar surface area (TPSA) is 49.8 Å². The summed E-state index contributed by atoms with van der Waals surface area (Å²) in [7, 11) is 1.75. The highest BCUT2D eigenvalue weighted by Gasteiger charge is 2.32. The molecule has 2 rings (SSSR count). The number of amides is 1. The second kappa shape index (κ2) is 5.61. The lowest BCUT2D eigenvalue weighted by Crippen LogP contribution is -2.47. The van der Waals surface area contributed by atoms with Crippen LogP contribution in [0.1, 0.15) is 33.0 Å². The lowest BCUT2D eigenvalue weighted by Gasteiger charge is -2.35. The lowest BCUT2D eigenvalue weighted by atomic mass is 9.94.